The molecule has 0 aliphatic heterocycles. The molecule has 4 nitrogen and oxygen atoms in total. The lowest BCUT2D eigenvalue weighted by Crippen LogP contribution is -2.30. The lowest BCUT2D eigenvalue weighted by Gasteiger charge is -2.11. The van der Waals surface area contributed by atoms with Crippen LogP contribution in [0.15, 0.2) is 18.2 Å². The monoisotopic (exact) mass is 275 g/mol. The minimum Gasteiger partial charge on any atom is -0.374 e. The largest absolute Gasteiger partial charge is 0.416 e. The second-order valence-corrected chi connectivity index (χ2v) is 3.48. The highest BCUT2D eigenvalue weighted by atomic mass is 19.4. The fourth-order valence-corrected chi connectivity index (χ4v) is 1.21. The number of carbonyl (C=O) groups is 1. The van der Waals surface area contributed by atoms with E-state index in [0.717, 1.165) is 0 Å². The smallest absolute Gasteiger partial charge is 0.374 e. The molecule has 0 fully saturated rings. The first-order valence-corrected chi connectivity index (χ1v) is 5.09. The molecule has 2 N–H and O–H groups in total. The number of amides is 1. The Kier molecular flexibility index (Phi) is 4.69. The van der Waals surface area contributed by atoms with Gasteiger partial charge in [-0.2, -0.15) is 18.4 Å². The van der Waals surface area contributed by atoms with E-state index < -0.39 is 35.7 Å². The molecule has 1 aromatic rings. The third-order valence-corrected chi connectivity index (χ3v) is 2.10. The summed E-state index contributed by atoms with van der Waals surface area (Å²) in [5, 5.41) is 12.6. The second kappa shape index (κ2) is 6.04. The Morgan fingerprint density at radius 2 is 2.05 bits per heavy atom. The van der Waals surface area contributed by atoms with Crippen LogP contribution in [-0.4, -0.2) is 19.0 Å². The maximum atomic E-state index is 13.2. The summed E-state index contributed by atoms with van der Waals surface area (Å²) in [6.45, 7) is -0.661. The van der Waals surface area contributed by atoms with Crippen LogP contribution in [0.3, 0.4) is 0 Å². The quantitative estimate of drug-likeness (QED) is 0.651. The van der Waals surface area contributed by atoms with Gasteiger partial charge >= 0.3 is 6.18 Å². The number of nitrogens with one attached hydrogen (secondary N) is 2. The highest BCUT2D eigenvalue weighted by molar-refractivity contribution is 5.80. The first kappa shape index (κ1) is 14.8. The Hall–Kier alpha value is -2.30. The van der Waals surface area contributed by atoms with Crippen LogP contribution in [0.2, 0.25) is 0 Å². The topological polar surface area (TPSA) is 64.9 Å². The number of rotatable bonds is 4. The third-order valence-electron chi connectivity index (χ3n) is 2.10. The van der Waals surface area contributed by atoms with Gasteiger partial charge in [0, 0.05) is 0 Å². The number of hydrogen-bond donors (Lipinski definition) is 2. The molecule has 0 atom stereocenters. The zero-order valence-corrected chi connectivity index (χ0v) is 9.51. The molecule has 1 rings (SSSR count). The third kappa shape index (κ3) is 4.46. The van der Waals surface area contributed by atoms with Crippen molar-refractivity contribution in [3.05, 3.63) is 29.6 Å². The summed E-state index contributed by atoms with van der Waals surface area (Å²) in [6, 6.07) is 3.50. The summed E-state index contributed by atoms with van der Waals surface area (Å²) in [7, 11) is 0. The summed E-state index contributed by atoms with van der Waals surface area (Å²) >= 11 is 0. The van der Waals surface area contributed by atoms with Crippen molar-refractivity contribution in [3.63, 3.8) is 0 Å². The zero-order chi connectivity index (χ0) is 14.5. The van der Waals surface area contributed by atoms with Crippen molar-refractivity contribution < 1.29 is 22.4 Å². The molecule has 0 saturated heterocycles. The Morgan fingerprint density at radius 1 is 1.37 bits per heavy atom. The maximum absolute atomic E-state index is 13.2. The predicted molar refractivity (Wildman–Crippen MR) is 58.5 cm³/mol. The highest BCUT2D eigenvalue weighted by Crippen LogP contribution is 2.31. The molecule has 0 saturated carbocycles. The van der Waals surface area contributed by atoms with Gasteiger partial charge in [-0.25, -0.2) is 4.39 Å². The molecule has 1 aromatic carbocycles. The van der Waals surface area contributed by atoms with E-state index in [1.807, 2.05) is 0 Å². The molecular formula is C11H9F4N3O. The van der Waals surface area contributed by atoms with Crippen LogP contribution in [0.4, 0.5) is 23.2 Å². The van der Waals surface area contributed by atoms with Gasteiger partial charge < -0.3 is 10.6 Å². The van der Waals surface area contributed by atoms with E-state index in [9.17, 15) is 22.4 Å². The second-order valence-electron chi connectivity index (χ2n) is 3.48. The minimum atomic E-state index is -4.59. The first-order valence-electron chi connectivity index (χ1n) is 5.09. The number of carbonyl (C=O) groups excluding carboxylic acids is 1. The predicted octanol–water partition coefficient (Wildman–Crippen LogP) is 1.90. The number of anilines is 1. The van der Waals surface area contributed by atoms with E-state index in [-0.39, 0.29) is 6.54 Å². The fourth-order valence-electron chi connectivity index (χ4n) is 1.21. The summed E-state index contributed by atoms with van der Waals surface area (Å²) in [6.07, 6.45) is -4.59. The Labute approximate surface area is 106 Å². The van der Waals surface area contributed by atoms with Gasteiger partial charge in [0.2, 0.25) is 5.91 Å². The van der Waals surface area contributed by atoms with Gasteiger partial charge in [0.05, 0.1) is 23.9 Å². The van der Waals surface area contributed by atoms with E-state index in [1.54, 1.807) is 6.07 Å². The maximum Gasteiger partial charge on any atom is 0.416 e. The molecule has 0 aromatic heterocycles. The number of benzene rings is 1. The Balaban J connectivity index is 2.73. The van der Waals surface area contributed by atoms with Gasteiger partial charge in [-0.3, -0.25) is 4.79 Å². The van der Waals surface area contributed by atoms with E-state index in [1.165, 1.54) is 0 Å². The van der Waals surface area contributed by atoms with Gasteiger partial charge in [0.25, 0.3) is 0 Å². The number of halogens is 4. The van der Waals surface area contributed by atoms with Crippen molar-refractivity contribution >= 4 is 11.6 Å². The number of hydrogen-bond acceptors (Lipinski definition) is 3. The normalized spacial score (nSPS) is 10.7. The van der Waals surface area contributed by atoms with Crippen LogP contribution in [0.1, 0.15) is 5.56 Å². The lowest BCUT2D eigenvalue weighted by atomic mass is 10.2. The van der Waals surface area contributed by atoms with Gasteiger partial charge in [-0.15, -0.1) is 0 Å². The molecular weight excluding hydrogens is 266 g/mol. The zero-order valence-electron chi connectivity index (χ0n) is 9.51. The first-order chi connectivity index (χ1) is 8.84. The van der Waals surface area contributed by atoms with Crippen LogP contribution < -0.4 is 10.6 Å². The van der Waals surface area contributed by atoms with Crippen molar-refractivity contribution in [1.29, 1.82) is 5.26 Å². The average molecular weight is 275 g/mol. The lowest BCUT2D eigenvalue weighted by molar-refractivity contribution is -0.137. The van der Waals surface area contributed by atoms with Gasteiger partial charge in [0.15, 0.2) is 0 Å². The standard InChI is InChI=1S/C11H9F4N3O/c12-8-2-1-7(11(13,14)15)5-9(8)18-6-10(19)17-4-3-16/h1-2,5,18H,4,6H2,(H,17,19). The average Bonchev–Trinajstić information content (AvgIpc) is 2.33. The summed E-state index contributed by atoms with van der Waals surface area (Å²) in [5.41, 5.74) is -1.45. The molecule has 0 bridgehead atoms. The molecule has 19 heavy (non-hydrogen) atoms. The van der Waals surface area contributed by atoms with E-state index in [2.05, 4.69) is 10.6 Å². The molecule has 102 valence electrons. The van der Waals surface area contributed by atoms with Gasteiger partial charge in [0.1, 0.15) is 12.4 Å². The summed E-state index contributed by atoms with van der Waals surface area (Å²) in [5.74, 6) is -1.53. The number of nitriles is 1. The van der Waals surface area contributed by atoms with Crippen molar-refractivity contribution in [1.82, 2.24) is 5.32 Å². The van der Waals surface area contributed by atoms with Crippen molar-refractivity contribution in [2.75, 3.05) is 18.4 Å². The Morgan fingerprint density at radius 3 is 2.63 bits per heavy atom. The SMILES string of the molecule is N#CCNC(=O)CNc1cc(C(F)(F)F)ccc1F. The number of alkyl halides is 3. The molecule has 8 heteroatoms. The molecule has 0 radical (unpaired) electrons. The van der Waals surface area contributed by atoms with Crippen LogP contribution in [0.5, 0.6) is 0 Å². The molecule has 0 unspecified atom stereocenters. The van der Waals surface area contributed by atoms with Crippen LogP contribution >= 0.6 is 0 Å². The van der Waals surface area contributed by atoms with E-state index in [4.69, 9.17) is 5.26 Å². The molecule has 0 spiro atoms. The molecule has 0 aliphatic carbocycles. The van der Waals surface area contributed by atoms with Crippen molar-refractivity contribution in [3.8, 4) is 6.07 Å². The van der Waals surface area contributed by atoms with Crippen LogP contribution in [0.25, 0.3) is 0 Å². The van der Waals surface area contributed by atoms with Gasteiger partial charge in [-0.05, 0) is 18.2 Å². The highest BCUT2D eigenvalue weighted by Gasteiger charge is 2.31. The van der Waals surface area contributed by atoms with E-state index in [0.29, 0.717) is 18.2 Å². The molecule has 1 amide bonds. The fraction of sp³-hybridized carbons (Fsp3) is 0.273. The molecule has 0 heterocycles. The van der Waals surface area contributed by atoms with Crippen molar-refractivity contribution in [2.24, 2.45) is 0 Å². The van der Waals surface area contributed by atoms with Crippen LogP contribution in [0, 0.1) is 17.1 Å². The van der Waals surface area contributed by atoms with Crippen molar-refractivity contribution in [2.45, 2.75) is 6.18 Å². The Bertz CT molecular complexity index is 508. The summed E-state index contributed by atoms with van der Waals surface area (Å²) in [4.78, 5) is 11.1. The summed E-state index contributed by atoms with van der Waals surface area (Å²) < 4.78 is 50.4. The number of nitrogens with zero attached hydrogens (tertiary/aromatic N) is 1. The molecule has 0 aliphatic rings. The van der Waals surface area contributed by atoms with Gasteiger partial charge in [-0.1, -0.05) is 0 Å². The van der Waals surface area contributed by atoms with Crippen LogP contribution in [-0.2, 0) is 11.0 Å². The minimum absolute atomic E-state index is 0.231. The van der Waals surface area contributed by atoms with E-state index >= 15 is 0 Å².